The van der Waals surface area contributed by atoms with Crippen LogP contribution in [0.3, 0.4) is 0 Å². The molecule has 36 heavy (non-hydrogen) atoms. The second-order valence-corrected chi connectivity index (χ2v) is 8.49. The highest BCUT2D eigenvalue weighted by atomic mass is 19.4. The van der Waals surface area contributed by atoms with E-state index in [2.05, 4.69) is 5.32 Å². The molecule has 0 saturated heterocycles. The predicted molar refractivity (Wildman–Crippen MR) is 121 cm³/mol. The van der Waals surface area contributed by atoms with Crippen LogP contribution in [0.5, 0.6) is 0 Å². The molecule has 2 atom stereocenters. The van der Waals surface area contributed by atoms with Crippen molar-refractivity contribution in [3.63, 3.8) is 0 Å². The van der Waals surface area contributed by atoms with Crippen molar-refractivity contribution in [1.29, 1.82) is 5.26 Å². The molecule has 0 aromatic heterocycles. The summed E-state index contributed by atoms with van der Waals surface area (Å²) in [6, 6.07) is 9.01. The highest BCUT2D eigenvalue weighted by Gasteiger charge is 2.48. The highest BCUT2D eigenvalue weighted by Crippen LogP contribution is 2.45. The van der Waals surface area contributed by atoms with Crippen LogP contribution in [0.1, 0.15) is 42.5 Å². The molecule has 8 nitrogen and oxygen atoms in total. The summed E-state index contributed by atoms with van der Waals surface area (Å²) in [5, 5.41) is 21.2. The molecule has 0 spiro atoms. The minimum absolute atomic E-state index is 0.0172. The molecule has 186 valence electrons. The summed E-state index contributed by atoms with van der Waals surface area (Å²) in [5.74, 6) is -0.350. The maximum Gasteiger partial charge on any atom is 0.416 e. The monoisotopic (exact) mass is 498 g/mol. The normalized spacial score (nSPS) is 18.7. The van der Waals surface area contributed by atoms with Crippen molar-refractivity contribution >= 4 is 23.5 Å². The molecule has 1 heterocycles. The van der Waals surface area contributed by atoms with Crippen LogP contribution in [0.2, 0.25) is 0 Å². The van der Waals surface area contributed by atoms with E-state index in [0.29, 0.717) is 11.1 Å². The Morgan fingerprint density at radius 3 is 2.50 bits per heavy atom. The number of anilines is 1. The molecular formula is C25H21F3N4O4. The van der Waals surface area contributed by atoms with Crippen LogP contribution < -0.4 is 10.2 Å². The Hall–Kier alpha value is -4.17. The summed E-state index contributed by atoms with van der Waals surface area (Å²) in [5.41, 5.74) is -0.0890. The molecule has 1 aliphatic heterocycles. The molecule has 2 aromatic rings. The summed E-state index contributed by atoms with van der Waals surface area (Å²) in [6.07, 6.45) is -5.49. The standard InChI is InChI=1S/C25H21F3N4O4/c1-14(33)13-30-23(35)32-22(16-7-5-15(12-29)6-8-16)21-19(9-10-20(21)34)31(24(32)36)18-4-2-3-17(11-18)25(26,27)28/h2-8,11,14,22,33H,9-10,13H2,1H3,(H,30,35)/t14-,22?/m1/s1. The second-order valence-electron chi connectivity index (χ2n) is 8.49. The van der Waals surface area contributed by atoms with Gasteiger partial charge in [-0.1, -0.05) is 18.2 Å². The van der Waals surface area contributed by atoms with Gasteiger partial charge >= 0.3 is 18.2 Å². The minimum atomic E-state index is -4.67. The zero-order valence-electron chi connectivity index (χ0n) is 19.0. The number of imide groups is 1. The lowest BCUT2D eigenvalue weighted by Gasteiger charge is -2.41. The van der Waals surface area contributed by atoms with Gasteiger partial charge in [0.15, 0.2) is 5.78 Å². The SMILES string of the molecule is C[C@@H](O)CNC(=O)N1C(=O)N(c2cccc(C(F)(F)F)c2)C2=C(C(=O)CC2)C1c1ccc(C#N)cc1. The first-order valence-corrected chi connectivity index (χ1v) is 11.1. The molecule has 1 aliphatic carbocycles. The Labute approximate surface area is 204 Å². The Morgan fingerprint density at radius 2 is 1.89 bits per heavy atom. The number of ketones is 1. The molecule has 11 heteroatoms. The van der Waals surface area contributed by atoms with Crippen molar-refractivity contribution in [2.75, 3.05) is 11.4 Å². The van der Waals surface area contributed by atoms with Crippen molar-refractivity contribution < 1.29 is 32.7 Å². The number of rotatable bonds is 4. The van der Waals surface area contributed by atoms with Gasteiger partial charge < -0.3 is 10.4 Å². The molecule has 2 N–H and O–H groups in total. The summed E-state index contributed by atoms with van der Waals surface area (Å²) < 4.78 is 40.2. The first-order chi connectivity index (χ1) is 17.0. The predicted octanol–water partition coefficient (Wildman–Crippen LogP) is 4.27. The van der Waals surface area contributed by atoms with Crippen molar-refractivity contribution in [1.82, 2.24) is 10.2 Å². The van der Waals surface area contributed by atoms with Gasteiger partial charge in [-0.05, 0) is 49.2 Å². The van der Waals surface area contributed by atoms with E-state index < -0.39 is 35.9 Å². The van der Waals surface area contributed by atoms with Crippen molar-refractivity contribution in [3.8, 4) is 6.07 Å². The van der Waals surface area contributed by atoms with Crippen molar-refractivity contribution in [2.45, 2.75) is 38.1 Å². The summed E-state index contributed by atoms with van der Waals surface area (Å²) in [7, 11) is 0. The number of hydrogen-bond acceptors (Lipinski definition) is 5. The molecule has 0 radical (unpaired) electrons. The van der Waals surface area contributed by atoms with E-state index in [0.717, 1.165) is 28.0 Å². The molecule has 0 bridgehead atoms. The number of carbonyl (C=O) groups is 3. The largest absolute Gasteiger partial charge is 0.416 e. The number of urea groups is 2. The van der Waals surface area contributed by atoms with Crippen molar-refractivity contribution in [2.24, 2.45) is 0 Å². The average molecular weight is 498 g/mol. The molecule has 4 rings (SSSR count). The number of amides is 4. The van der Waals surface area contributed by atoms with Crippen LogP contribution in [0.15, 0.2) is 59.8 Å². The number of aliphatic hydroxyl groups is 1. The van der Waals surface area contributed by atoms with E-state index in [1.165, 1.54) is 37.3 Å². The van der Waals surface area contributed by atoms with E-state index in [-0.39, 0.29) is 42.1 Å². The Bertz CT molecular complexity index is 1300. The van der Waals surface area contributed by atoms with Gasteiger partial charge in [0.25, 0.3) is 0 Å². The maximum absolute atomic E-state index is 13.8. The van der Waals surface area contributed by atoms with Crippen LogP contribution in [0.25, 0.3) is 0 Å². The van der Waals surface area contributed by atoms with Gasteiger partial charge in [-0.2, -0.15) is 18.4 Å². The van der Waals surface area contributed by atoms with Crippen LogP contribution >= 0.6 is 0 Å². The number of aliphatic hydroxyl groups excluding tert-OH is 1. The van der Waals surface area contributed by atoms with Gasteiger partial charge in [-0.25, -0.2) is 14.5 Å². The number of Topliss-reactive ketones (excluding diaryl/α,β-unsaturated/α-hetero) is 1. The third-order valence-corrected chi connectivity index (χ3v) is 5.95. The zero-order valence-corrected chi connectivity index (χ0v) is 19.0. The molecule has 0 fully saturated rings. The van der Waals surface area contributed by atoms with E-state index in [4.69, 9.17) is 5.26 Å². The topological polar surface area (TPSA) is 114 Å². The van der Waals surface area contributed by atoms with Crippen molar-refractivity contribution in [3.05, 3.63) is 76.5 Å². The fourth-order valence-corrected chi connectivity index (χ4v) is 4.34. The van der Waals surface area contributed by atoms with Gasteiger partial charge in [-0.3, -0.25) is 9.69 Å². The van der Waals surface area contributed by atoms with E-state index in [9.17, 15) is 32.7 Å². The number of hydrogen-bond donors (Lipinski definition) is 2. The van der Waals surface area contributed by atoms with Gasteiger partial charge in [0, 0.05) is 24.2 Å². The molecule has 4 amide bonds. The van der Waals surface area contributed by atoms with Gasteiger partial charge in [0.05, 0.1) is 35.0 Å². The molecule has 1 unspecified atom stereocenters. The summed E-state index contributed by atoms with van der Waals surface area (Å²) >= 11 is 0. The van der Waals surface area contributed by atoms with Gasteiger partial charge in [-0.15, -0.1) is 0 Å². The summed E-state index contributed by atoms with van der Waals surface area (Å²) in [6.45, 7) is 1.22. The lowest BCUT2D eigenvalue weighted by Crippen LogP contribution is -2.56. The zero-order chi connectivity index (χ0) is 26.2. The van der Waals surface area contributed by atoms with Crippen LogP contribution in [-0.4, -0.2) is 40.5 Å². The van der Waals surface area contributed by atoms with Crippen LogP contribution in [0.4, 0.5) is 28.4 Å². The second kappa shape index (κ2) is 9.47. The Morgan fingerprint density at radius 1 is 1.19 bits per heavy atom. The van der Waals surface area contributed by atoms with Gasteiger partial charge in [0.2, 0.25) is 0 Å². The van der Waals surface area contributed by atoms with E-state index in [1.54, 1.807) is 0 Å². The number of nitrogens with one attached hydrogen (secondary N) is 1. The number of halogens is 3. The number of alkyl halides is 3. The number of benzene rings is 2. The first kappa shape index (κ1) is 24.9. The fraction of sp³-hybridized carbons (Fsp3) is 0.280. The minimum Gasteiger partial charge on any atom is -0.392 e. The third-order valence-electron chi connectivity index (χ3n) is 5.95. The average Bonchev–Trinajstić information content (AvgIpc) is 3.22. The molecule has 0 saturated carbocycles. The fourth-order valence-electron chi connectivity index (χ4n) is 4.34. The molecule has 2 aromatic carbocycles. The number of nitriles is 1. The van der Waals surface area contributed by atoms with Gasteiger partial charge in [0.1, 0.15) is 0 Å². The Balaban J connectivity index is 1.90. The Kier molecular flexibility index (Phi) is 6.56. The lowest BCUT2D eigenvalue weighted by atomic mass is 9.92. The quantitative estimate of drug-likeness (QED) is 0.654. The summed E-state index contributed by atoms with van der Waals surface area (Å²) in [4.78, 5) is 41.8. The van der Waals surface area contributed by atoms with Crippen LogP contribution in [0, 0.1) is 11.3 Å². The number of allylic oxidation sites excluding steroid dienone is 1. The smallest absolute Gasteiger partial charge is 0.392 e. The lowest BCUT2D eigenvalue weighted by molar-refractivity contribution is -0.137. The highest BCUT2D eigenvalue weighted by molar-refractivity contribution is 6.12. The van der Waals surface area contributed by atoms with E-state index in [1.807, 2.05) is 6.07 Å². The van der Waals surface area contributed by atoms with Crippen LogP contribution in [-0.2, 0) is 11.0 Å². The number of carbonyl (C=O) groups excluding carboxylic acids is 3. The van der Waals surface area contributed by atoms with E-state index >= 15 is 0 Å². The first-order valence-electron chi connectivity index (χ1n) is 11.1. The maximum atomic E-state index is 13.8. The molecule has 2 aliphatic rings. The number of nitrogens with zero attached hydrogens (tertiary/aromatic N) is 3. The third kappa shape index (κ3) is 4.55. The molecular weight excluding hydrogens is 477 g/mol.